The number of rotatable bonds is 6. The highest BCUT2D eigenvalue weighted by atomic mass is 32.2. The van der Waals surface area contributed by atoms with Crippen LogP contribution in [-0.2, 0) is 5.41 Å². The zero-order valence-electron chi connectivity index (χ0n) is 33.9. The van der Waals surface area contributed by atoms with Gasteiger partial charge in [-0.3, -0.25) is 0 Å². The molecule has 2 heteroatoms. The van der Waals surface area contributed by atoms with Gasteiger partial charge in [-0.1, -0.05) is 206 Å². The van der Waals surface area contributed by atoms with Gasteiger partial charge in [0.25, 0.3) is 0 Å². The number of pyridine rings is 1. The Morgan fingerprint density at radius 1 is 0.258 bits per heavy atom. The Morgan fingerprint density at radius 3 is 1.48 bits per heavy atom. The summed E-state index contributed by atoms with van der Waals surface area (Å²) in [6.07, 6.45) is 0. The molecule has 2 aliphatic rings. The van der Waals surface area contributed by atoms with Gasteiger partial charge >= 0.3 is 0 Å². The Kier molecular flexibility index (Phi) is 8.72. The van der Waals surface area contributed by atoms with E-state index < -0.39 is 5.41 Å². The van der Waals surface area contributed by atoms with Gasteiger partial charge in [0.2, 0.25) is 0 Å². The summed E-state index contributed by atoms with van der Waals surface area (Å²) in [5, 5.41) is 0. The smallest absolute Gasteiger partial charge is 0.0735 e. The standard InChI is InChI=1S/C60H39NS/c1-4-17-40(18-5-1)47-38-56(42-21-8-3-9-22-42)61-57(39-47)46-24-16-23-45(35-46)48-33-31-43(36-51(48)41-19-6-2-7-20-41)44-32-34-59-55(37-44)60(54-29-14-15-30-58(54)62-59)52-27-12-10-25-49(52)50-26-11-13-28-53(50)60/h1-39H. The summed E-state index contributed by atoms with van der Waals surface area (Å²) in [6, 6.07) is 86.5. The van der Waals surface area contributed by atoms with Crippen LogP contribution >= 0.6 is 11.8 Å². The quantitative estimate of drug-likeness (QED) is 0.166. The molecule has 0 amide bonds. The first-order chi connectivity index (χ1) is 30.7. The molecule has 0 atom stereocenters. The number of nitrogens with zero attached hydrogens (tertiary/aromatic N) is 1. The average molecular weight is 806 g/mol. The predicted octanol–water partition coefficient (Wildman–Crippen LogP) is 15.9. The van der Waals surface area contributed by atoms with E-state index in [1.165, 1.54) is 76.6 Å². The first-order valence-corrected chi connectivity index (χ1v) is 22.1. The summed E-state index contributed by atoms with van der Waals surface area (Å²) in [5.41, 5.74) is 21.1. The van der Waals surface area contributed by atoms with E-state index in [9.17, 15) is 0 Å². The van der Waals surface area contributed by atoms with Crippen LogP contribution in [0.4, 0.5) is 0 Å². The van der Waals surface area contributed by atoms with Crippen molar-refractivity contribution in [1.82, 2.24) is 4.98 Å². The summed E-state index contributed by atoms with van der Waals surface area (Å²) in [6.45, 7) is 0. The molecule has 0 bridgehead atoms. The molecule has 1 spiro atoms. The molecule has 0 unspecified atom stereocenters. The van der Waals surface area contributed by atoms with Gasteiger partial charge in [-0.15, -0.1) is 0 Å². The van der Waals surface area contributed by atoms with Gasteiger partial charge < -0.3 is 0 Å². The van der Waals surface area contributed by atoms with E-state index in [1.54, 1.807) is 0 Å². The van der Waals surface area contributed by atoms with Gasteiger partial charge in [0.1, 0.15) is 0 Å². The topological polar surface area (TPSA) is 12.9 Å². The molecule has 0 N–H and O–H groups in total. The number of hydrogen-bond acceptors (Lipinski definition) is 2. The van der Waals surface area contributed by atoms with E-state index in [2.05, 4.69) is 237 Å². The molecule has 62 heavy (non-hydrogen) atoms. The highest BCUT2D eigenvalue weighted by Crippen LogP contribution is 2.62. The van der Waals surface area contributed by atoms with Crippen LogP contribution in [0, 0.1) is 0 Å². The lowest BCUT2D eigenvalue weighted by Crippen LogP contribution is -2.32. The molecule has 10 aromatic rings. The summed E-state index contributed by atoms with van der Waals surface area (Å²) >= 11 is 1.89. The van der Waals surface area contributed by atoms with Crippen LogP contribution in [-0.4, -0.2) is 4.98 Å². The SMILES string of the molecule is c1ccc(-c2cc(-c3ccccc3)nc(-c3cccc(-c4ccc(-c5ccc6c(c5)C5(c7ccccc7S6)c6ccccc6-c6ccccc65)cc4-c4ccccc4)c3)c2)cc1. The van der Waals surface area contributed by atoms with Crippen LogP contribution in [0.25, 0.3) is 78.1 Å². The molecule has 1 aliphatic carbocycles. The zero-order valence-corrected chi connectivity index (χ0v) is 34.7. The largest absolute Gasteiger partial charge is 0.248 e. The minimum Gasteiger partial charge on any atom is -0.248 e. The molecule has 1 aromatic heterocycles. The summed E-state index contributed by atoms with van der Waals surface area (Å²) < 4.78 is 0. The lowest BCUT2D eigenvalue weighted by atomic mass is 9.67. The number of aromatic nitrogens is 1. The van der Waals surface area contributed by atoms with Crippen molar-refractivity contribution in [3.05, 3.63) is 259 Å². The van der Waals surface area contributed by atoms with Crippen molar-refractivity contribution in [3.63, 3.8) is 0 Å². The lowest BCUT2D eigenvalue weighted by Gasteiger charge is -2.40. The molecule has 290 valence electrons. The molecule has 1 aliphatic heterocycles. The van der Waals surface area contributed by atoms with Crippen molar-refractivity contribution < 1.29 is 0 Å². The number of hydrogen-bond donors (Lipinski definition) is 0. The second kappa shape index (κ2) is 14.9. The Hall–Kier alpha value is -7.52. The molecule has 2 heterocycles. The van der Waals surface area contributed by atoms with E-state index in [4.69, 9.17) is 4.98 Å². The van der Waals surface area contributed by atoms with Crippen LogP contribution in [0.5, 0.6) is 0 Å². The Labute approximate surface area is 367 Å². The Morgan fingerprint density at radius 2 is 0.774 bits per heavy atom. The third-order valence-corrected chi connectivity index (χ3v) is 13.9. The second-order valence-electron chi connectivity index (χ2n) is 16.2. The molecule has 9 aromatic carbocycles. The molecule has 0 radical (unpaired) electrons. The zero-order chi connectivity index (χ0) is 41.0. The molecule has 1 nitrogen and oxygen atoms in total. The monoisotopic (exact) mass is 805 g/mol. The van der Waals surface area contributed by atoms with Gasteiger partial charge in [0, 0.05) is 20.9 Å². The molecular weight excluding hydrogens is 767 g/mol. The first kappa shape index (κ1) is 36.3. The maximum absolute atomic E-state index is 5.27. The van der Waals surface area contributed by atoms with E-state index >= 15 is 0 Å². The fourth-order valence-corrected chi connectivity index (χ4v) is 11.1. The molecule has 0 fully saturated rings. The normalized spacial score (nSPS) is 12.9. The van der Waals surface area contributed by atoms with Crippen LogP contribution in [0.2, 0.25) is 0 Å². The van der Waals surface area contributed by atoms with Crippen LogP contribution < -0.4 is 0 Å². The molecular formula is C60H39NS. The Balaban J connectivity index is 1.01. The van der Waals surface area contributed by atoms with E-state index in [0.717, 1.165) is 33.6 Å². The highest BCUT2D eigenvalue weighted by Gasteiger charge is 2.50. The van der Waals surface area contributed by atoms with Crippen molar-refractivity contribution >= 4 is 11.8 Å². The molecule has 0 saturated carbocycles. The fourth-order valence-electron chi connectivity index (χ4n) is 9.95. The van der Waals surface area contributed by atoms with Crippen molar-refractivity contribution in [2.24, 2.45) is 0 Å². The average Bonchev–Trinajstić information content (AvgIpc) is 3.65. The van der Waals surface area contributed by atoms with E-state index in [0.29, 0.717) is 0 Å². The van der Waals surface area contributed by atoms with Crippen LogP contribution in [0.3, 0.4) is 0 Å². The summed E-state index contributed by atoms with van der Waals surface area (Å²) in [4.78, 5) is 7.89. The van der Waals surface area contributed by atoms with Gasteiger partial charge in [0.05, 0.1) is 16.8 Å². The maximum atomic E-state index is 5.27. The van der Waals surface area contributed by atoms with Crippen LogP contribution in [0.1, 0.15) is 22.3 Å². The highest BCUT2D eigenvalue weighted by molar-refractivity contribution is 7.99. The fraction of sp³-hybridized carbons (Fsp3) is 0.0167. The predicted molar refractivity (Wildman–Crippen MR) is 258 cm³/mol. The third kappa shape index (κ3) is 5.90. The Bertz CT molecular complexity index is 3210. The molecule has 12 rings (SSSR count). The summed E-state index contributed by atoms with van der Waals surface area (Å²) in [7, 11) is 0. The third-order valence-electron chi connectivity index (χ3n) is 12.8. The second-order valence-corrected chi connectivity index (χ2v) is 17.3. The minimum absolute atomic E-state index is 0.421. The van der Waals surface area contributed by atoms with Gasteiger partial charge in [0.15, 0.2) is 0 Å². The first-order valence-electron chi connectivity index (χ1n) is 21.3. The van der Waals surface area contributed by atoms with Crippen molar-refractivity contribution in [2.75, 3.05) is 0 Å². The molecule has 0 saturated heterocycles. The van der Waals surface area contributed by atoms with Gasteiger partial charge in [-0.25, -0.2) is 4.98 Å². The van der Waals surface area contributed by atoms with Crippen LogP contribution in [0.15, 0.2) is 246 Å². The van der Waals surface area contributed by atoms with E-state index in [-0.39, 0.29) is 0 Å². The lowest BCUT2D eigenvalue weighted by molar-refractivity contribution is 0.723. The van der Waals surface area contributed by atoms with Gasteiger partial charge in [-0.2, -0.15) is 0 Å². The van der Waals surface area contributed by atoms with Crippen molar-refractivity contribution in [2.45, 2.75) is 15.2 Å². The number of benzene rings is 9. The van der Waals surface area contributed by atoms with E-state index in [1.807, 2.05) is 11.8 Å². The number of fused-ring (bicyclic) bond motifs is 9. The summed E-state index contributed by atoms with van der Waals surface area (Å²) in [5.74, 6) is 0. The maximum Gasteiger partial charge on any atom is 0.0735 e. The van der Waals surface area contributed by atoms with Crippen molar-refractivity contribution in [3.8, 4) is 78.1 Å². The van der Waals surface area contributed by atoms with Crippen molar-refractivity contribution in [1.29, 1.82) is 0 Å². The van der Waals surface area contributed by atoms with Gasteiger partial charge in [-0.05, 0) is 120 Å². The minimum atomic E-state index is -0.421.